The van der Waals surface area contributed by atoms with Gasteiger partial charge >= 0.3 is 0 Å². The summed E-state index contributed by atoms with van der Waals surface area (Å²) in [6.45, 7) is 5.15. The van der Waals surface area contributed by atoms with Gasteiger partial charge in [-0.3, -0.25) is 0 Å². The Kier molecular flexibility index (Phi) is 7.50. The van der Waals surface area contributed by atoms with Crippen LogP contribution in [0.4, 0.5) is 0 Å². The summed E-state index contributed by atoms with van der Waals surface area (Å²) in [5.41, 5.74) is 0. The normalized spacial score (nSPS) is 22.1. The molecule has 1 heterocycles. The number of thiol groups is 1. The van der Waals surface area contributed by atoms with Crippen LogP contribution in [0.1, 0.15) is 32.1 Å². The molecule has 1 aliphatic rings. The Hall–Kier alpha value is 0.270. The van der Waals surface area contributed by atoms with E-state index < -0.39 is 0 Å². The highest BCUT2D eigenvalue weighted by atomic mass is 32.1. The zero-order valence-electron chi connectivity index (χ0n) is 11.0. The number of unbranched alkanes of at least 4 members (excludes halogenated alkanes) is 3. The van der Waals surface area contributed by atoms with E-state index in [0.717, 1.165) is 11.7 Å². The highest BCUT2D eigenvalue weighted by molar-refractivity contribution is 7.80. The van der Waals surface area contributed by atoms with Gasteiger partial charge in [0.2, 0.25) is 0 Å². The third-order valence-electron chi connectivity index (χ3n) is 3.51. The van der Waals surface area contributed by atoms with Gasteiger partial charge in [-0.1, -0.05) is 12.8 Å². The molecule has 96 valence electrons. The van der Waals surface area contributed by atoms with Crippen molar-refractivity contribution in [2.45, 2.75) is 32.1 Å². The zero-order valence-corrected chi connectivity index (χ0v) is 11.9. The average molecular weight is 244 g/mol. The highest BCUT2D eigenvalue weighted by Gasteiger charge is 2.20. The first kappa shape index (κ1) is 14.3. The summed E-state index contributed by atoms with van der Waals surface area (Å²) in [5, 5.41) is 0. The third kappa shape index (κ3) is 6.12. The largest absolute Gasteiger partial charge is 0.306 e. The van der Waals surface area contributed by atoms with Crippen molar-refractivity contribution in [3.05, 3.63) is 0 Å². The maximum absolute atomic E-state index is 4.23. The first-order chi connectivity index (χ1) is 7.72. The molecule has 0 bridgehead atoms. The van der Waals surface area contributed by atoms with Crippen molar-refractivity contribution in [2.75, 3.05) is 46.0 Å². The van der Waals surface area contributed by atoms with Crippen molar-refractivity contribution in [2.24, 2.45) is 5.92 Å². The van der Waals surface area contributed by atoms with E-state index in [1.165, 1.54) is 58.3 Å². The molecular weight excluding hydrogens is 216 g/mol. The van der Waals surface area contributed by atoms with Gasteiger partial charge in [-0.2, -0.15) is 12.6 Å². The van der Waals surface area contributed by atoms with E-state index in [2.05, 4.69) is 36.5 Å². The minimum absolute atomic E-state index is 0.910. The molecule has 0 aliphatic carbocycles. The number of hydrogen-bond donors (Lipinski definition) is 1. The number of hydrogen-bond acceptors (Lipinski definition) is 3. The molecule has 2 nitrogen and oxygen atoms in total. The second-order valence-corrected chi connectivity index (χ2v) is 5.76. The Balaban J connectivity index is 1.96. The molecule has 0 saturated carbocycles. The molecule has 0 amide bonds. The van der Waals surface area contributed by atoms with E-state index in [1.807, 2.05) is 0 Å². The molecule has 0 aromatic heterocycles. The summed E-state index contributed by atoms with van der Waals surface area (Å²) in [6, 6.07) is 0. The maximum atomic E-state index is 4.23. The van der Waals surface area contributed by atoms with Crippen molar-refractivity contribution in [3.8, 4) is 0 Å². The van der Waals surface area contributed by atoms with Gasteiger partial charge in [-0.25, -0.2) is 0 Å². The highest BCUT2D eigenvalue weighted by Crippen LogP contribution is 2.15. The maximum Gasteiger partial charge on any atom is 0.00193 e. The van der Waals surface area contributed by atoms with Crippen LogP contribution < -0.4 is 0 Å². The fourth-order valence-electron chi connectivity index (χ4n) is 2.55. The molecule has 1 aliphatic heterocycles. The van der Waals surface area contributed by atoms with Gasteiger partial charge in [0.25, 0.3) is 0 Å². The molecule has 0 aromatic rings. The van der Waals surface area contributed by atoms with Gasteiger partial charge in [0.05, 0.1) is 0 Å². The molecule has 0 aromatic carbocycles. The standard InChI is InChI=1S/C13H28N2S/c1-14(8-5-3-4-6-10-16)11-13-7-9-15(2)12-13/h13,16H,3-12H2,1-2H3. The van der Waals surface area contributed by atoms with Gasteiger partial charge in [-0.05, 0) is 58.1 Å². The monoisotopic (exact) mass is 244 g/mol. The molecule has 16 heavy (non-hydrogen) atoms. The SMILES string of the molecule is CN(CCCCCCS)CC1CCN(C)C1. The third-order valence-corrected chi connectivity index (χ3v) is 3.82. The van der Waals surface area contributed by atoms with Crippen molar-refractivity contribution >= 4 is 12.6 Å². The van der Waals surface area contributed by atoms with Crippen LogP contribution in [0.25, 0.3) is 0 Å². The van der Waals surface area contributed by atoms with Gasteiger partial charge in [0, 0.05) is 13.1 Å². The first-order valence-electron chi connectivity index (χ1n) is 6.70. The molecule has 0 N–H and O–H groups in total. The molecule has 3 heteroatoms. The van der Waals surface area contributed by atoms with Crippen LogP contribution in [0.3, 0.4) is 0 Å². The number of nitrogens with zero attached hydrogens (tertiary/aromatic N) is 2. The lowest BCUT2D eigenvalue weighted by molar-refractivity contribution is 0.268. The van der Waals surface area contributed by atoms with Crippen LogP contribution in [-0.2, 0) is 0 Å². The molecule has 0 spiro atoms. The van der Waals surface area contributed by atoms with E-state index in [0.29, 0.717) is 0 Å². The molecule has 1 rings (SSSR count). The summed E-state index contributed by atoms with van der Waals surface area (Å²) in [7, 11) is 4.51. The van der Waals surface area contributed by atoms with Gasteiger partial charge in [0.1, 0.15) is 0 Å². The van der Waals surface area contributed by atoms with Crippen LogP contribution in [0.2, 0.25) is 0 Å². The van der Waals surface area contributed by atoms with Gasteiger partial charge < -0.3 is 9.80 Å². The van der Waals surface area contributed by atoms with Gasteiger partial charge in [-0.15, -0.1) is 0 Å². The summed E-state index contributed by atoms with van der Waals surface area (Å²) < 4.78 is 0. The Morgan fingerprint density at radius 2 is 2.00 bits per heavy atom. The van der Waals surface area contributed by atoms with Crippen LogP contribution in [0.5, 0.6) is 0 Å². The minimum Gasteiger partial charge on any atom is -0.306 e. The summed E-state index contributed by atoms with van der Waals surface area (Å²) in [5.74, 6) is 1.96. The van der Waals surface area contributed by atoms with Crippen molar-refractivity contribution in [1.82, 2.24) is 9.80 Å². The lowest BCUT2D eigenvalue weighted by Gasteiger charge is -2.20. The summed E-state index contributed by atoms with van der Waals surface area (Å²) in [4.78, 5) is 4.97. The molecule has 1 saturated heterocycles. The van der Waals surface area contributed by atoms with Crippen LogP contribution in [-0.4, -0.2) is 55.8 Å². The predicted molar refractivity (Wildman–Crippen MR) is 75.4 cm³/mol. The Labute approximate surface area is 107 Å². The van der Waals surface area contributed by atoms with Gasteiger partial charge in [0.15, 0.2) is 0 Å². The lowest BCUT2D eigenvalue weighted by Crippen LogP contribution is -2.28. The van der Waals surface area contributed by atoms with E-state index in [1.54, 1.807) is 0 Å². The smallest absolute Gasteiger partial charge is 0.00193 e. The zero-order chi connectivity index (χ0) is 11.8. The molecule has 0 radical (unpaired) electrons. The van der Waals surface area contributed by atoms with E-state index in [-0.39, 0.29) is 0 Å². The van der Waals surface area contributed by atoms with Crippen molar-refractivity contribution in [3.63, 3.8) is 0 Å². The second-order valence-electron chi connectivity index (χ2n) is 5.32. The molecular formula is C13H28N2S. The fourth-order valence-corrected chi connectivity index (χ4v) is 2.78. The fraction of sp³-hybridized carbons (Fsp3) is 1.00. The topological polar surface area (TPSA) is 6.48 Å². The van der Waals surface area contributed by atoms with E-state index >= 15 is 0 Å². The first-order valence-corrected chi connectivity index (χ1v) is 7.33. The number of rotatable bonds is 8. The Bertz CT molecular complexity index is 175. The van der Waals surface area contributed by atoms with Crippen LogP contribution >= 0.6 is 12.6 Å². The quantitative estimate of drug-likeness (QED) is 0.517. The van der Waals surface area contributed by atoms with Crippen molar-refractivity contribution in [1.29, 1.82) is 0 Å². The average Bonchev–Trinajstić information content (AvgIpc) is 2.63. The minimum atomic E-state index is 0.910. The Morgan fingerprint density at radius 1 is 1.25 bits per heavy atom. The van der Waals surface area contributed by atoms with E-state index in [4.69, 9.17) is 0 Å². The molecule has 1 unspecified atom stereocenters. The second kappa shape index (κ2) is 8.37. The predicted octanol–water partition coefficient (Wildman–Crippen LogP) is 2.36. The molecule has 1 fully saturated rings. The summed E-state index contributed by atoms with van der Waals surface area (Å²) in [6.07, 6.45) is 6.74. The van der Waals surface area contributed by atoms with Crippen LogP contribution in [0.15, 0.2) is 0 Å². The Morgan fingerprint density at radius 3 is 2.62 bits per heavy atom. The number of likely N-dealkylation sites (tertiary alicyclic amines) is 1. The van der Waals surface area contributed by atoms with Crippen molar-refractivity contribution < 1.29 is 0 Å². The lowest BCUT2D eigenvalue weighted by atomic mass is 10.1. The van der Waals surface area contributed by atoms with E-state index in [9.17, 15) is 0 Å². The summed E-state index contributed by atoms with van der Waals surface area (Å²) >= 11 is 4.23. The van der Waals surface area contributed by atoms with Crippen LogP contribution in [0, 0.1) is 5.92 Å². The molecule has 1 atom stereocenters.